The van der Waals surface area contributed by atoms with Crippen LogP contribution in [0.3, 0.4) is 0 Å². The van der Waals surface area contributed by atoms with Crippen molar-refractivity contribution in [1.82, 2.24) is 16.0 Å². The molecule has 0 radical (unpaired) electrons. The Kier molecular flexibility index (Phi) is 14.6. The minimum atomic E-state index is -1.40. The van der Waals surface area contributed by atoms with E-state index in [1.54, 1.807) is 0 Å². The maximum Gasteiger partial charge on any atom is 0.223 e. The van der Waals surface area contributed by atoms with Crippen LogP contribution in [-0.2, 0) is 33.4 Å². The summed E-state index contributed by atoms with van der Waals surface area (Å²) in [7, 11) is 0. The van der Waals surface area contributed by atoms with Crippen molar-refractivity contribution >= 4 is 23.5 Å². The van der Waals surface area contributed by atoms with Crippen molar-refractivity contribution < 1.29 is 48.7 Å². The third-order valence-corrected chi connectivity index (χ3v) is 5.28. The van der Waals surface area contributed by atoms with Gasteiger partial charge in [-0.3, -0.25) is 19.2 Å². The Hall–Kier alpha value is -2.16. The fourth-order valence-electron chi connectivity index (χ4n) is 3.24. The Morgan fingerprint density at radius 2 is 1.66 bits per heavy atom. The zero-order valence-corrected chi connectivity index (χ0v) is 20.5. The molecule has 202 valence electrons. The minimum absolute atomic E-state index is 0.0209. The SMILES string of the molecule is CC(=O)NC1C(OCCOCNC(=O)CCNC(=O)CCCC(=O)C(C)C)OC(CO)C(O)C1O. The molecule has 1 aliphatic rings. The molecule has 0 aromatic heterocycles. The predicted octanol–water partition coefficient (Wildman–Crippen LogP) is -2.06. The molecule has 13 heteroatoms. The molecule has 0 spiro atoms. The lowest BCUT2D eigenvalue weighted by Crippen LogP contribution is -2.64. The summed E-state index contributed by atoms with van der Waals surface area (Å²) in [5.41, 5.74) is 0. The van der Waals surface area contributed by atoms with Gasteiger partial charge in [-0.05, 0) is 6.42 Å². The van der Waals surface area contributed by atoms with Gasteiger partial charge in [0, 0.05) is 38.6 Å². The molecule has 1 fully saturated rings. The lowest BCUT2D eigenvalue weighted by molar-refractivity contribution is -0.272. The van der Waals surface area contributed by atoms with E-state index in [0.29, 0.717) is 12.8 Å². The number of carbonyl (C=O) groups excluding carboxylic acids is 4. The molecule has 1 heterocycles. The molecular formula is C22H39N3O10. The normalized spacial score (nSPS) is 24.1. The van der Waals surface area contributed by atoms with Crippen molar-refractivity contribution in [3.63, 3.8) is 0 Å². The van der Waals surface area contributed by atoms with Crippen LogP contribution in [0.1, 0.15) is 46.5 Å². The second-order valence-corrected chi connectivity index (χ2v) is 8.53. The molecule has 1 aliphatic heterocycles. The van der Waals surface area contributed by atoms with E-state index in [2.05, 4.69) is 16.0 Å². The van der Waals surface area contributed by atoms with Crippen molar-refractivity contribution in [2.24, 2.45) is 5.92 Å². The lowest BCUT2D eigenvalue weighted by atomic mass is 9.97. The first-order chi connectivity index (χ1) is 16.6. The fraction of sp³-hybridized carbons (Fsp3) is 0.818. The number of amides is 3. The molecule has 6 N–H and O–H groups in total. The highest BCUT2D eigenvalue weighted by atomic mass is 16.7. The average molecular weight is 506 g/mol. The number of carbonyl (C=O) groups is 4. The van der Waals surface area contributed by atoms with Crippen LogP contribution in [0.4, 0.5) is 0 Å². The first kappa shape index (κ1) is 30.9. The second kappa shape index (κ2) is 16.5. The highest BCUT2D eigenvalue weighted by Crippen LogP contribution is 2.22. The van der Waals surface area contributed by atoms with E-state index >= 15 is 0 Å². The summed E-state index contributed by atoms with van der Waals surface area (Å²) in [4.78, 5) is 46.4. The molecule has 0 bridgehead atoms. The number of hydrogen-bond donors (Lipinski definition) is 6. The smallest absolute Gasteiger partial charge is 0.223 e. The van der Waals surface area contributed by atoms with E-state index in [9.17, 15) is 34.5 Å². The van der Waals surface area contributed by atoms with Crippen LogP contribution < -0.4 is 16.0 Å². The van der Waals surface area contributed by atoms with Gasteiger partial charge >= 0.3 is 0 Å². The van der Waals surface area contributed by atoms with Crippen LogP contribution in [0.2, 0.25) is 0 Å². The number of rotatable bonds is 16. The Morgan fingerprint density at radius 3 is 2.29 bits per heavy atom. The van der Waals surface area contributed by atoms with Gasteiger partial charge in [0.1, 0.15) is 36.9 Å². The highest BCUT2D eigenvalue weighted by Gasteiger charge is 2.45. The van der Waals surface area contributed by atoms with Gasteiger partial charge in [0.2, 0.25) is 17.7 Å². The molecule has 0 aliphatic carbocycles. The largest absolute Gasteiger partial charge is 0.394 e. The monoisotopic (exact) mass is 505 g/mol. The Balaban J connectivity index is 2.19. The van der Waals surface area contributed by atoms with E-state index in [0.717, 1.165) is 0 Å². The third-order valence-electron chi connectivity index (χ3n) is 5.28. The van der Waals surface area contributed by atoms with E-state index < -0.39 is 43.2 Å². The predicted molar refractivity (Wildman–Crippen MR) is 122 cm³/mol. The summed E-state index contributed by atoms with van der Waals surface area (Å²) in [6.07, 6.45) is -3.89. The number of aliphatic hydroxyl groups excluding tert-OH is 3. The topological polar surface area (TPSA) is 193 Å². The second-order valence-electron chi connectivity index (χ2n) is 8.53. The van der Waals surface area contributed by atoms with Crippen molar-refractivity contribution in [2.45, 2.75) is 77.1 Å². The molecule has 0 saturated carbocycles. The Bertz CT molecular complexity index is 690. The first-order valence-electron chi connectivity index (χ1n) is 11.7. The van der Waals surface area contributed by atoms with E-state index in [1.165, 1.54) is 6.92 Å². The van der Waals surface area contributed by atoms with Crippen LogP contribution in [-0.4, -0.2) is 103 Å². The van der Waals surface area contributed by atoms with Gasteiger partial charge in [-0.15, -0.1) is 0 Å². The molecule has 0 aromatic rings. The zero-order chi connectivity index (χ0) is 26.4. The number of Topliss-reactive ketones (excluding diaryl/α,β-unsaturated/α-hetero) is 1. The third kappa shape index (κ3) is 11.9. The molecule has 5 atom stereocenters. The molecule has 13 nitrogen and oxygen atoms in total. The number of aliphatic hydroxyl groups is 3. The summed E-state index contributed by atoms with van der Waals surface area (Å²) in [6.45, 7) is 4.40. The van der Waals surface area contributed by atoms with Crippen molar-refractivity contribution in [2.75, 3.05) is 33.1 Å². The zero-order valence-electron chi connectivity index (χ0n) is 20.5. The summed E-state index contributed by atoms with van der Waals surface area (Å²) >= 11 is 0. The van der Waals surface area contributed by atoms with Crippen LogP contribution >= 0.6 is 0 Å². The van der Waals surface area contributed by atoms with Crippen molar-refractivity contribution in [3.8, 4) is 0 Å². The average Bonchev–Trinajstić information content (AvgIpc) is 2.79. The number of ether oxygens (including phenoxy) is 3. The van der Waals surface area contributed by atoms with Gasteiger partial charge in [0.05, 0.1) is 19.8 Å². The van der Waals surface area contributed by atoms with E-state index in [1.807, 2.05) is 13.8 Å². The van der Waals surface area contributed by atoms with E-state index in [4.69, 9.17) is 14.2 Å². The van der Waals surface area contributed by atoms with Gasteiger partial charge in [0.25, 0.3) is 0 Å². The Labute approximate surface area is 204 Å². The highest BCUT2D eigenvalue weighted by molar-refractivity contribution is 5.82. The Morgan fingerprint density at radius 1 is 0.971 bits per heavy atom. The first-order valence-corrected chi connectivity index (χ1v) is 11.7. The van der Waals surface area contributed by atoms with Gasteiger partial charge in [0.15, 0.2) is 6.29 Å². The maximum atomic E-state index is 11.8. The lowest BCUT2D eigenvalue weighted by Gasteiger charge is -2.42. The molecule has 3 amide bonds. The van der Waals surface area contributed by atoms with Crippen LogP contribution in [0, 0.1) is 5.92 Å². The van der Waals surface area contributed by atoms with Gasteiger partial charge in [-0.2, -0.15) is 0 Å². The molecule has 1 rings (SSSR count). The fourth-order valence-corrected chi connectivity index (χ4v) is 3.24. The van der Waals surface area contributed by atoms with Crippen molar-refractivity contribution in [1.29, 1.82) is 0 Å². The van der Waals surface area contributed by atoms with Gasteiger partial charge < -0.3 is 45.5 Å². The van der Waals surface area contributed by atoms with Gasteiger partial charge in [-0.1, -0.05) is 13.8 Å². The van der Waals surface area contributed by atoms with E-state index in [-0.39, 0.29) is 62.8 Å². The van der Waals surface area contributed by atoms with Crippen LogP contribution in [0.25, 0.3) is 0 Å². The summed E-state index contributed by atoms with van der Waals surface area (Å²) < 4.78 is 16.1. The molecule has 35 heavy (non-hydrogen) atoms. The molecular weight excluding hydrogens is 466 g/mol. The molecule has 5 unspecified atom stereocenters. The summed E-state index contributed by atoms with van der Waals surface area (Å²) in [5.74, 6) is -0.932. The standard InChI is InChI=1S/C22H39N3O10/c1-13(2)15(28)5-4-6-17(29)23-8-7-18(30)24-12-33-9-10-34-22-19(25-14(3)27)21(32)20(31)16(11-26)35-22/h13,16,19-22,26,31-32H,4-12H2,1-3H3,(H,23,29)(H,24,30)(H,25,27). The van der Waals surface area contributed by atoms with Gasteiger partial charge in [-0.25, -0.2) is 0 Å². The number of nitrogens with one attached hydrogen (secondary N) is 3. The quantitative estimate of drug-likeness (QED) is 0.100. The molecule has 1 saturated heterocycles. The van der Waals surface area contributed by atoms with Crippen LogP contribution in [0.15, 0.2) is 0 Å². The summed E-state index contributed by atoms with van der Waals surface area (Å²) in [5, 5.41) is 37.0. The maximum absolute atomic E-state index is 11.8. The van der Waals surface area contributed by atoms with Crippen LogP contribution in [0.5, 0.6) is 0 Å². The molecule has 0 aromatic carbocycles. The minimum Gasteiger partial charge on any atom is -0.394 e. The summed E-state index contributed by atoms with van der Waals surface area (Å²) in [6, 6.07) is -1.05. The number of hydrogen-bond acceptors (Lipinski definition) is 10. The number of ketones is 1. The van der Waals surface area contributed by atoms with Crippen molar-refractivity contribution in [3.05, 3.63) is 0 Å².